The van der Waals surface area contributed by atoms with Crippen LogP contribution in [0, 0.1) is 6.92 Å². The first-order chi connectivity index (χ1) is 15.2. The maximum absolute atomic E-state index is 13.1. The van der Waals surface area contributed by atoms with E-state index in [0.29, 0.717) is 4.88 Å². The van der Waals surface area contributed by atoms with Gasteiger partial charge in [0.05, 0.1) is 29.5 Å². The van der Waals surface area contributed by atoms with E-state index in [1.807, 2.05) is 18.4 Å². The topological polar surface area (TPSA) is 79.4 Å². The molecule has 1 amide bonds. The Labute approximate surface area is 190 Å². The summed E-state index contributed by atoms with van der Waals surface area (Å²) in [5, 5.41) is 9.65. The molecule has 3 aromatic heterocycles. The predicted molar refractivity (Wildman–Crippen MR) is 127 cm³/mol. The molecule has 1 aliphatic heterocycles. The molecule has 0 spiro atoms. The second-order valence-electron chi connectivity index (χ2n) is 7.64. The molecule has 4 heterocycles. The van der Waals surface area contributed by atoms with Gasteiger partial charge in [0.15, 0.2) is 0 Å². The van der Waals surface area contributed by atoms with Gasteiger partial charge < -0.3 is 15.4 Å². The molecule has 0 radical (unpaired) electrons. The Morgan fingerprint density at radius 2 is 2.16 bits per heavy atom. The van der Waals surface area contributed by atoms with Gasteiger partial charge in [0.2, 0.25) is 0 Å². The van der Waals surface area contributed by atoms with E-state index >= 15 is 0 Å². The van der Waals surface area contributed by atoms with Crippen molar-refractivity contribution in [3.8, 4) is 0 Å². The summed E-state index contributed by atoms with van der Waals surface area (Å²) >= 11 is 3.11. The molecule has 3 aromatic rings. The second-order valence-corrected chi connectivity index (χ2v) is 9.62. The minimum atomic E-state index is -0.0426. The second kappa shape index (κ2) is 10.5. The number of nitrogens with one attached hydrogen (secondary N) is 2. The normalized spacial score (nSPS) is 15.8. The molecular weight excluding hydrogens is 430 g/mol. The van der Waals surface area contributed by atoms with Gasteiger partial charge in [-0.15, -0.1) is 22.7 Å². The number of carbonyl (C=O) groups excluding carboxylic acids is 1. The van der Waals surface area contributed by atoms with Gasteiger partial charge in [0.1, 0.15) is 17.0 Å². The van der Waals surface area contributed by atoms with Crippen LogP contribution in [-0.2, 0) is 4.74 Å². The quantitative estimate of drug-likeness (QED) is 0.470. The number of morpholine rings is 1. The van der Waals surface area contributed by atoms with Crippen LogP contribution in [0.15, 0.2) is 23.8 Å². The fourth-order valence-electron chi connectivity index (χ4n) is 3.84. The molecule has 2 N–H and O–H groups in total. The summed E-state index contributed by atoms with van der Waals surface area (Å²) < 4.78 is 5.41. The summed E-state index contributed by atoms with van der Waals surface area (Å²) in [6, 6.07) is 4.12. The number of hydrogen-bond acceptors (Lipinski definition) is 8. The van der Waals surface area contributed by atoms with Crippen molar-refractivity contribution in [2.45, 2.75) is 32.7 Å². The number of fused-ring (bicyclic) bond motifs is 1. The molecule has 1 aliphatic rings. The summed E-state index contributed by atoms with van der Waals surface area (Å²) in [5.74, 6) is 0.768. The summed E-state index contributed by atoms with van der Waals surface area (Å²) in [6.07, 6.45) is 3.46. The lowest BCUT2D eigenvalue weighted by Crippen LogP contribution is -2.37. The number of amides is 1. The molecule has 0 unspecified atom stereocenters. The molecule has 0 saturated carbocycles. The monoisotopic (exact) mass is 459 g/mol. The Kier molecular flexibility index (Phi) is 7.49. The minimum Gasteiger partial charge on any atom is -0.379 e. The van der Waals surface area contributed by atoms with Crippen molar-refractivity contribution in [3.05, 3.63) is 39.2 Å². The molecule has 7 nitrogen and oxygen atoms in total. The van der Waals surface area contributed by atoms with Crippen LogP contribution < -0.4 is 10.6 Å². The van der Waals surface area contributed by atoms with E-state index in [1.54, 1.807) is 17.7 Å². The first kappa shape index (κ1) is 22.1. The van der Waals surface area contributed by atoms with E-state index in [0.717, 1.165) is 73.8 Å². The van der Waals surface area contributed by atoms with Gasteiger partial charge in [-0.1, -0.05) is 13.0 Å². The van der Waals surface area contributed by atoms with E-state index < -0.39 is 0 Å². The molecule has 31 heavy (non-hydrogen) atoms. The molecule has 0 bridgehead atoms. The zero-order valence-electron chi connectivity index (χ0n) is 18.0. The average Bonchev–Trinajstić information content (AvgIpc) is 3.44. The number of thiophene rings is 2. The van der Waals surface area contributed by atoms with Crippen LogP contribution in [0.5, 0.6) is 0 Å². The predicted octanol–water partition coefficient (Wildman–Crippen LogP) is 4.08. The fourth-order valence-corrected chi connectivity index (χ4v) is 5.76. The van der Waals surface area contributed by atoms with Gasteiger partial charge in [-0.25, -0.2) is 9.97 Å². The highest BCUT2D eigenvalue weighted by molar-refractivity contribution is 7.20. The number of anilines is 1. The largest absolute Gasteiger partial charge is 0.379 e. The number of aromatic nitrogens is 2. The van der Waals surface area contributed by atoms with Crippen LogP contribution >= 0.6 is 22.7 Å². The summed E-state index contributed by atoms with van der Waals surface area (Å²) in [4.78, 5) is 27.1. The van der Waals surface area contributed by atoms with Crippen LogP contribution in [0.1, 0.15) is 45.9 Å². The smallest absolute Gasteiger partial charge is 0.262 e. The number of aryl methyl sites for hydroxylation is 1. The van der Waals surface area contributed by atoms with Crippen LogP contribution in [0.2, 0.25) is 0 Å². The van der Waals surface area contributed by atoms with Crippen molar-refractivity contribution >= 4 is 44.6 Å². The Morgan fingerprint density at radius 1 is 1.32 bits per heavy atom. The van der Waals surface area contributed by atoms with Crippen molar-refractivity contribution in [3.63, 3.8) is 0 Å². The third kappa shape index (κ3) is 5.23. The average molecular weight is 460 g/mol. The zero-order chi connectivity index (χ0) is 21.6. The van der Waals surface area contributed by atoms with Gasteiger partial charge in [-0.2, -0.15) is 0 Å². The van der Waals surface area contributed by atoms with Crippen LogP contribution in [0.3, 0.4) is 0 Å². The van der Waals surface area contributed by atoms with Crippen molar-refractivity contribution in [2.24, 2.45) is 0 Å². The highest BCUT2D eigenvalue weighted by Crippen LogP contribution is 2.34. The molecule has 4 rings (SSSR count). The number of ether oxygens (including phenoxy) is 1. The third-order valence-electron chi connectivity index (χ3n) is 5.58. The zero-order valence-corrected chi connectivity index (χ0v) is 19.7. The first-order valence-electron chi connectivity index (χ1n) is 10.8. The molecule has 1 atom stereocenters. The summed E-state index contributed by atoms with van der Waals surface area (Å²) in [7, 11) is 0. The van der Waals surface area contributed by atoms with Gasteiger partial charge in [0, 0.05) is 24.5 Å². The molecule has 0 aromatic carbocycles. The van der Waals surface area contributed by atoms with Crippen LogP contribution in [0.25, 0.3) is 10.2 Å². The minimum absolute atomic E-state index is 0.0287. The van der Waals surface area contributed by atoms with Gasteiger partial charge in [-0.05, 0) is 43.3 Å². The first-order valence-corrected chi connectivity index (χ1v) is 12.5. The Bertz CT molecular complexity index is 999. The Hall–Kier alpha value is -2.07. The lowest BCUT2D eigenvalue weighted by atomic mass is 10.1. The molecule has 9 heteroatoms. The van der Waals surface area contributed by atoms with Crippen molar-refractivity contribution in [2.75, 3.05) is 44.7 Å². The Morgan fingerprint density at radius 3 is 2.90 bits per heavy atom. The summed E-state index contributed by atoms with van der Waals surface area (Å²) in [6.45, 7) is 9.61. The maximum Gasteiger partial charge on any atom is 0.262 e. The number of hydrogen-bond donors (Lipinski definition) is 2. The van der Waals surface area contributed by atoms with Crippen molar-refractivity contribution in [1.29, 1.82) is 0 Å². The molecule has 1 fully saturated rings. The van der Waals surface area contributed by atoms with Crippen LogP contribution in [-0.4, -0.2) is 60.2 Å². The van der Waals surface area contributed by atoms with Gasteiger partial charge in [0.25, 0.3) is 5.91 Å². The van der Waals surface area contributed by atoms with Crippen molar-refractivity contribution in [1.82, 2.24) is 20.2 Å². The lowest BCUT2D eigenvalue weighted by molar-refractivity contribution is 0.0378. The SMILES string of the molecule is CC[C@H](NC(=O)c1sc2ncnc(NCCCN3CCOCC3)c2c1C)c1cccs1. The Balaban J connectivity index is 1.43. The van der Waals surface area contributed by atoms with Gasteiger partial charge >= 0.3 is 0 Å². The fraction of sp³-hybridized carbons (Fsp3) is 0.500. The third-order valence-corrected chi connectivity index (χ3v) is 7.77. The molecule has 1 saturated heterocycles. The van der Waals surface area contributed by atoms with E-state index in [-0.39, 0.29) is 11.9 Å². The van der Waals surface area contributed by atoms with E-state index in [4.69, 9.17) is 4.74 Å². The highest BCUT2D eigenvalue weighted by atomic mass is 32.1. The van der Waals surface area contributed by atoms with E-state index in [1.165, 1.54) is 16.2 Å². The standard InChI is InChI=1S/C22H29N5O2S2/c1-3-16(17-6-4-13-30-17)26-21(28)19-15(2)18-20(24-14-25-22(18)31-19)23-7-5-8-27-9-11-29-12-10-27/h4,6,13-14,16H,3,5,7-12H2,1-2H3,(H,26,28)(H,23,24,25)/t16-/m0/s1. The molecular formula is C22H29N5O2S2. The number of rotatable bonds is 9. The molecule has 166 valence electrons. The molecule has 0 aliphatic carbocycles. The summed E-state index contributed by atoms with van der Waals surface area (Å²) in [5.41, 5.74) is 0.940. The number of carbonyl (C=O) groups is 1. The maximum atomic E-state index is 13.1. The van der Waals surface area contributed by atoms with E-state index in [9.17, 15) is 4.79 Å². The van der Waals surface area contributed by atoms with Crippen LogP contribution in [0.4, 0.5) is 5.82 Å². The highest BCUT2D eigenvalue weighted by Gasteiger charge is 2.22. The number of nitrogens with zero attached hydrogens (tertiary/aromatic N) is 3. The lowest BCUT2D eigenvalue weighted by Gasteiger charge is -2.26. The van der Waals surface area contributed by atoms with E-state index in [2.05, 4.69) is 38.5 Å². The van der Waals surface area contributed by atoms with Crippen molar-refractivity contribution < 1.29 is 9.53 Å². The van der Waals surface area contributed by atoms with Gasteiger partial charge in [-0.3, -0.25) is 9.69 Å².